The highest BCUT2D eigenvalue weighted by molar-refractivity contribution is 8.26. The van der Waals surface area contributed by atoms with E-state index in [2.05, 4.69) is 4.90 Å². The molecule has 2 saturated heterocycles. The molecule has 1 aromatic carbocycles. The predicted octanol–water partition coefficient (Wildman–Crippen LogP) is 4.02. The number of anilines is 1. The molecule has 2 aliphatic heterocycles. The lowest BCUT2D eigenvalue weighted by molar-refractivity contribution is -0.122. The van der Waals surface area contributed by atoms with Gasteiger partial charge in [-0.05, 0) is 44.0 Å². The molecule has 0 radical (unpaired) electrons. The van der Waals surface area contributed by atoms with E-state index in [1.165, 1.54) is 11.8 Å². The second-order valence-corrected chi connectivity index (χ2v) is 10.6. The summed E-state index contributed by atoms with van der Waals surface area (Å²) in [6.45, 7) is 7.56. The summed E-state index contributed by atoms with van der Waals surface area (Å²) in [5.41, 5.74) is 2.67. The monoisotopic (exact) mass is 506 g/mol. The highest BCUT2D eigenvalue weighted by Gasteiger charge is 2.33. The van der Waals surface area contributed by atoms with Crippen LogP contribution >= 0.6 is 24.0 Å². The van der Waals surface area contributed by atoms with Gasteiger partial charge in [0.05, 0.1) is 29.2 Å². The lowest BCUT2D eigenvalue weighted by Gasteiger charge is -2.36. The average molecular weight is 507 g/mol. The van der Waals surface area contributed by atoms with Crippen molar-refractivity contribution in [3.63, 3.8) is 0 Å². The van der Waals surface area contributed by atoms with Gasteiger partial charge >= 0.3 is 0 Å². The smallest absolute Gasteiger partial charge is 0.267 e. The first-order valence-electron chi connectivity index (χ1n) is 11.5. The number of nitrogens with zero attached hydrogens (tertiary/aromatic N) is 4. The molecule has 4 heterocycles. The summed E-state index contributed by atoms with van der Waals surface area (Å²) in [5, 5.41) is 0. The number of benzene rings is 1. The van der Waals surface area contributed by atoms with Crippen LogP contribution in [0, 0.1) is 6.92 Å². The number of hydrogen-bond acceptors (Lipinski definition) is 7. The van der Waals surface area contributed by atoms with E-state index in [0.29, 0.717) is 45.9 Å². The molecular weight excluding hydrogens is 480 g/mol. The summed E-state index contributed by atoms with van der Waals surface area (Å²) < 4.78 is 7.93. The van der Waals surface area contributed by atoms with E-state index < -0.39 is 0 Å². The summed E-state index contributed by atoms with van der Waals surface area (Å²) in [6, 6.07) is 13.5. The first kappa shape index (κ1) is 23.7. The van der Waals surface area contributed by atoms with Crippen molar-refractivity contribution in [1.29, 1.82) is 0 Å². The van der Waals surface area contributed by atoms with E-state index >= 15 is 0 Å². The Hall–Kier alpha value is -3.01. The molecular formula is C26H26N4O3S2. The van der Waals surface area contributed by atoms with Crippen molar-refractivity contribution in [1.82, 2.24) is 14.3 Å². The number of thioether (sulfide) groups is 1. The molecule has 2 atom stereocenters. The third-order valence-corrected chi connectivity index (χ3v) is 7.49. The minimum Gasteiger partial charge on any atom is -0.372 e. The SMILES string of the molecule is Cc1cccn2c(=O)c(/C=C3\SC(=S)N(Cc4ccccc4)C3=O)c(N3C[C@@H](C)O[C@H](C)C3)nc12. The van der Waals surface area contributed by atoms with Crippen LogP contribution in [0.4, 0.5) is 5.82 Å². The predicted molar refractivity (Wildman–Crippen MR) is 144 cm³/mol. The third kappa shape index (κ3) is 4.63. The third-order valence-electron chi connectivity index (χ3n) is 6.12. The zero-order chi connectivity index (χ0) is 24.7. The number of pyridine rings is 1. The highest BCUT2D eigenvalue weighted by atomic mass is 32.2. The Balaban J connectivity index is 1.60. The summed E-state index contributed by atoms with van der Waals surface area (Å²) in [6.07, 6.45) is 3.36. The first-order chi connectivity index (χ1) is 16.8. The minimum absolute atomic E-state index is 0.00666. The fraction of sp³-hybridized carbons (Fsp3) is 0.308. The Morgan fingerprint density at radius 1 is 1.11 bits per heavy atom. The fourth-order valence-corrected chi connectivity index (χ4v) is 5.79. The molecule has 1 amide bonds. The van der Waals surface area contributed by atoms with Gasteiger partial charge in [0.15, 0.2) is 0 Å². The molecule has 9 heteroatoms. The van der Waals surface area contributed by atoms with Crippen molar-refractivity contribution in [3.05, 3.63) is 80.6 Å². The summed E-state index contributed by atoms with van der Waals surface area (Å²) in [4.78, 5) is 36.1. The Morgan fingerprint density at radius 2 is 1.83 bits per heavy atom. The molecule has 0 aliphatic carbocycles. The highest BCUT2D eigenvalue weighted by Crippen LogP contribution is 2.35. The zero-order valence-electron chi connectivity index (χ0n) is 19.8. The second kappa shape index (κ2) is 9.56. The quantitative estimate of drug-likeness (QED) is 0.391. The Kier molecular flexibility index (Phi) is 6.48. The largest absolute Gasteiger partial charge is 0.372 e. The van der Waals surface area contributed by atoms with Crippen LogP contribution in [0.25, 0.3) is 11.7 Å². The van der Waals surface area contributed by atoms with Gasteiger partial charge in [0.25, 0.3) is 11.5 Å². The molecule has 0 saturated carbocycles. The number of thiocarbonyl (C=S) groups is 1. The number of morpholine rings is 1. The van der Waals surface area contributed by atoms with Crippen molar-refractivity contribution in [2.45, 2.75) is 39.5 Å². The number of amides is 1. The molecule has 0 bridgehead atoms. The van der Waals surface area contributed by atoms with E-state index in [0.717, 1.165) is 11.1 Å². The Bertz CT molecular complexity index is 1390. The number of hydrogen-bond donors (Lipinski definition) is 0. The van der Waals surface area contributed by atoms with E-state index in [9.17, 15) is 9.59 Å². The number of fused-ring (bicyclic) bond motifs is 1. The van der Waals surface area contributed by atoms with Crippen molar-refractivity contribution < 1.29 is 9.53 Å². The number of aromatic nitrogens is 2. The molecule has 5 rings (SSSR count). The summed E-state index contributed by atoms with van der Waals surface area (Å²) in [7, 11) is 0. The van der Waals surface area contributed by atoms with Crippen molar-refractivity contribution in [2.75, 3.05) is 18.0 Å². The van der Waals surface area contributed by atoms with Crippen LogP contribution in [-0.4, -0.2) is 49.8 Å². The zero-order valence-corrected chi connectivity index (χ0v) is 21.4. The van der Waals surface area contributed by atoms with Crippen LogP contribution < -0.4 is 10.5 Å². The van der Waals surface area contributed by atoms with E-state index in [4.69, 9.17) is 21.9 Å². The fourth-order valence-electron chi connectivity index (χ4n) is 4.55. The molecule has 2 aromatic heterocycles. The van der Waals surface area contributed by atoms with Gasteiger partial charge in [-0.15, -0.1) is 0 Å². The van der Waals surface area contributed by atoms with Gasteiger partial charge in [-0.3, -0.25) is 18.9 Å². The van der Waals surface area contributed by atoms with Gasteiger partial charge in [-0.25, -0.2) is 4.98 Å². The van der Waals surface area contributed by atoms with Crippen LogP contribution in [0.1, 0.15) is 30.5 Å². The van der Waals surface area contributed by atoms with E-state index in [-0.39, 0.29) is 23.7 Å². The standard InChI is InChI=1S/C26H26N4O3S2/c1-16-8-7-11-29-22(16)27-23(28-13-17(2)33-18(3)14-28)20(24(29)31)12-21-25(32)30(26(34)35-21)15-19-9-5-4-6-10-19/h4-12,17-18H,13-15H2,1-3H3/b21-12-/t17-,18-/m1/s1. The van der Waals surface area contributed by atoms with E-state index in [1.54, 1.807) is 21.6 Å². The van der Waals surface area contributed by atoms with Crippen LogP contribution in [0.3, 0.4) is 0 Å². The Morgan fingerprint density at radius 3 is 2.54 bits per heavy atom. The molecule has 0 unspecified atom stereocenters. The van der Waals surface area contributed by atoms with Crippen LogP contribution in [-0.2, 0) is 16.1 Å². The van der Waals surface area contributed by atoms with Crippen molar-refractivity contribution in [2.24, 2.45) is 0 Å². The Labute approximate surface area is 213 Å². The maximum Gasteiger partial charge on any atom is 0.267 e. The summed E-state index contributed by atoms with van der Waals surface area (Å²) >= 11 is 6.75. The molecule has 35 heavy (non-hydrogen) atoms. The molecule has 0 N–H and O–H groups in total. The molecule has 3 aromatic rings. The lowest BCUT2D eigenvalue weighted by Crippen LogP contribution is -2.46. The molecule has 7 nitrogen and oxygen atoms in total. The number of carbonyl (C=O) groups excluding carboxylic acids is 1. The number of aryl methyl sites for hydroxylation is 1. The maximum absolute atomic E-state index is 13.7. The first-order valence-corrected chi connectivity index (χ1v) is 12.8. The van der Waals surface area contributed by atoms with Crippen LogP contribution in [0.15, 0.2) is 58.4 Å². The second-order valence-electron chi connectivity index (χ2n) is 8.95. The lowest BCUT2D eigenvalue weighted by atomic mass is 10.1. The van der Waals surface area contributed by atoms with Crippen molar-refractivity contribution in [3.8, 4) is 0 Å². The summed E-state index contributed by atoms with van der Waals surface area (Å²) in [5.74, 6) is 0.367. The number of carbonyl (C=O) groups is 1. The molecule has 0 spiro atoms. The number of ether oxygens (including phenoxy) is 1. The van der Waals surface area contributed by atoms with Gasteiger partial charge < -0.3 is 9.64 Å². The van der Waals surface area contributed by atoms with Crippen LogP contribution in [0.5, 0.6) is 0 Å². The topological polar surface area (TPSA) is 67.2 Å². The van der Waals surface area contributed by atoms with Gasteiger partial charge in [-0.1, -0.05) is 60.4 Å². The van der Waals surface area contributed by atoms with Crippen molar-refractivity contribution >= 4 is 51.7 Å². The molecule has 2 aliphatic rings. The average Bonchev–Trinajstić information content (AvgIpc) is 3.08. The van der Waals surface area contributed by atoms with Crippen LogP contribution in [0.2, 0.25) is 0 Å². The number of rotatable bonds is 4. The molecule has 2 fully saturated rings. The maximum atomic E-state index is 13.7. The van der Waals surface area contributed by atoms with Gasteiger partial charge in [0, 0.05) is 19.3 Å². The van der Waals surface area contributed by atoms with E-state index in [1.807, 2.05) is 63.2 Å². The molecule has 180 valence electrons. The van der Waals surface area contributed by atoms with Gasteiger partial charge in [-0.2, -0.15) is 0 Å². The minimum atomic E-state index is -0.214. The van der Waals surface area contributed by atoms with Gasteiger partial charge in [0.1, 0.15) is 15.8 Å². The normalized spacial score (nSPS) is 22.0. The van der Waals surface area contributed by atoms with Gasteiger partial charge in [0.2, 0.25) is 0 Å².